The van der Waals surface area contributed by atoms with Crippen molar-refractivity contribution in [3.05, 3.63) is 99.5 Å². The van der Waals surface area contributed by atoms with Crippen LogP contribution in [0.2, 0.25) is 0 Å². The Labute approximate surface area is 195 Å². The average Bonchev–Trinajstić information content (AvgIpc) is 2.79. The van der Waals surface area contributed by atoms with Crippen LogP contribution in [0.25, 0.3) is 22.2 Å². The number of carbonyl (C=O) groups excluding carboxylic acids is 2. The van der Waals surface area contributed by atoms with Gasteiger partial charge >= 0.3 is 5.97 Å². The molecule has 0 radical (unpaired) electrons. The van der Waals surface area contributed by atoms with E-state index in [0.29, 0.717) is 22.2 Å². The molecule has 4 rings (SSSR count). The number of rotatable bonds is 5. The quantitative estimate of drug-likeness (QED) is 0.232. The summed E-state index contributed by atoms with van der Waals surface area (Å²) in [6.45, 7) is 5.51. The number of fused-ring (bicyclic) bond motifs is 1. The van der Waals surface area contributed by atoms with Gasteiger partial charge in [0.1, 0.15) is 0 Å². The zero-order chi connectivity index (χ0) is 22.8. The molecule has 1 aromatic heterocycles. The maximum Gasteiger partial charge on any atom is 0.339 e. The number of aromatic nitrogens is 1. The highest BCUT2D eigenvalue weighted by Gasteiger charge is 2.23. The predicted octanol–water partition coefficient (Wildman–Crippen LogP) is 6.71. The standard InChI is InChI=1S/C27H22BrNO3/c1-16-7-9-20(10-8-16)26(30)18(3)32-27(31)23-15-24(19-11-13-21(28)14-12-19)29-25-17(2)5-4-6-22(23)25/h4-15,18H,1-3H3/t18-/m0/s1. The Morgan fingerprint density at radius 2 is 1.62 bits per heavy atom. The summed E-state index contributed by atoms with van der Waals surface area (Å²) in [5.74, 6) is -0.782. The lowest BCUT2D eigenvalue weighted by atomic mass is 10.0. The Morgan fingerprint density at radius 3 is 2.31 bits per heavy atom. The Kier molecular flexibility index (Phi) is 6.19. The zero-order valence-electron chi connectivity index (χ0n) is 18.1. The van der Waals surface area contributed by atoms with Gasteiger partial charge in [0, 0.05) is 21.0 Å². The molecule has 4 aromatic rings. The molecule has 1 atom stereocenters. The minimum atomic E-state index is -0.908. The average molecular weight is 488 g/mol. The monoisotopic (exact) mass is 487 g/mol. The lowest BCUT2D eigenvalue weighted by Gasteiger charge is -2.15. The van der Waals surface area contributed by atoms with E-state index in [1.807, 2.05) is 68.4 Å². The smallest absolute Gasteiger partial charge is 0.339 e. The fourth-order valence-electron chi connectivity index (χ4n) is 3.56. The predicted molar refractivity (Wildman–Crippen MR) is 130 cm³/mol. The molecule has 5 heteroatoms. The van der Waals surface area contributed by atoms with E-state index in [1.54, 1.807) is 25.1 Å². The minimum Gasteiger partial charge on any atom is -0.451 e. The molecule has 0 spiro atoms. The van der Waals surface area contributed by atoms with Crippen molar-refractivity contribution in [1.29, 1.82) is 0 Å². The van der Waals surface area contributed by atoms with Crippen LogP contribution >= 0.6 is 15.9 Å². The van der Waals surface area contributed by atoms with Gasteiger partial charge in [-0.25, -0.2) is 9.78 Å². The molecule has 0 bridgehead atoms. The van der Waals surface area contributed by atoms with Gasteiger partial charge in [0.05, 0.1) is 16.8 Å². The number of pyridine rings is 1. The van der Waals surface area contributed by atoms with Crippen LogP contribution in [0.5, 0.6) is 0 Å². The van der Waals surface area contributed by atoms with Crippen molar-refractivity contribution in [2.75, 3.05) is 0 Å². The van der Waals surface area contributed by atoms with Crippen molar-refractivity contribution in [2.45, 2.75) is 26.9 Å². The topological polar surface area (TPSA) is 56.3 Å². The molecule has 0 fully saturated rings. The van der Waals surface area contributed by atoms with Crippen molar-refractivity contribution in [3.8, 4) is 11.3 Å². The number of ketones is 1. The van der Waals surface area contributed by atoms with Crippen molar-refractivity contribution in [3.63, 3.8) is 0 Å². The van der Waals surface area contributed by atoms with E-state index in [1.165, 1.54) is 0 Å². The SMILES string of the molecule is Cc1ccc(C(=O)[C@H](C)OC(=O)c2cc(-c3ccc(Br)cc3)nc3c(C)cccc23)cc1. The van der Waals surface area contributed by atoms with Gasteiger partial charge in [-0.15, -0.1) is 0 Å². The molecule has 0 N–H and O–H groups in total. The first-order valence-corrected chi connectivity index (χ1v) is 11.1. The van der Waals surface area contributed by atoms with Crippen LogP contribution in [-0.2, 0) is 4.74 Å². The molecule has 4 nitrogen and oxygen atoms in total. The van der Waals surface area contributed by atoms with Gasteiger partial charge in [0.2, 0.25) is 5.78 Å². The van der Waals surface area contributed by atoms with E-state index in [2.05, 4.69) is 15.9 Å². The second-order valence-corrected chi connectivity index (χ2v) is 8.73. The first-order valence-electron chi connectivity index (χ1n) is 10.3. The number of halogens is 1. The van der Waals surface area contributed by atoms with E-state index in [9.17, 15) is 9.59 Å². The molecule has 160 valence electrons. The number of Topliss-reactive ketones (excluding diaryl/α,β-unsaturated/α-hetero) is 1. The second-order valence-electron chi connectivity index (χ2n) is 7.81. The third-order valence-electron chi connectivity index (χ3n) is 5.39. The Hall–Kier alpha value is -3.31. The van der Waals surface area contributed by atoms with Crippen molar-refractivity contribution >= 4 is 38.6 Å². The fourth-order valence-corrected chi connectivity index (χ4v) is 3.82. The van der Waals surface area contributed by atoms with E-state index >= 15 is 0 Å². The van der Waals surface area contributed by atoms with Gasteiger partial charge in [-0.05, 0) is 44.5 Å². The number of hydrogen-bond donors (Lipinski definition) is 0. The Morgan fingerprint density at radius 1 is 0.938 bits per heavy atom. The van der Waals surface area contributed by atoms with Crippen LogP contribution in [0.1, 0.15) is 38.8 Å². The number of ether oxygens (including phenoxy) is 1. The van der Waals surface area contributed by atoms with Crippen LogP contribution in [0.3, 0.4) is 0 Å². The summed E-state index contributed by atoms with van der Waals surface area (Å²) >= 11 is 3.44. The van der Waals surface area contributed by atoms with Crippen LogP contribution < -0.4 is 0 Å². The van der Waals surface area contributed by atoms with Crippen LogP contribution in [0, 0.1) is 13.8 Å². The number of aryl methyl sites for hydroxylation is 2. The summed E-state index contributed by atoms with van der Waals surface area (Å²) in [5, 5.41) is 0.700. The molecule has 0 aliphatic heterocycles. The lowest BCUT2D eigenvalue weighted by Crippen LogP contribution is -2.24. The van der Waals surface area contributed by atoms with Gasteiger partial charge < -0.3 is 4.74 Å². The maximum absolute atomic E-state index is 13.2. The maximum atomic E-state index is 13.2. The summed E-state index contributed by atoms with van der Waals surface area (Å²) in [5.41, 5.74) is 5.21. The summed E-state index contributed by atoms with van der Waals surface area (Å²) in [4.78, 5) is 30.8. The third kappa shape index (κ3) is 4.48. The van der Waals surface area contributed by atoms with E-state index in [0.717, 1.165) is 26.7 Å². The highest BCUT2D eigenvalue weighted by atomic mass is 79.9. The zero-order valence-corrected chi connectivity index (χ0v) is 19.6. The summed E-state index contributed by atoms with van der Waals surface area (Å²) in [7, 11) is 0. The molecule has 0 saturated carbocycles. The first-order chi connectivity index (χ1) is 15.3. The number of benzene rings is 3. The molecular weight excluding hydrogens is 466 g/mol. The van der Waals surface area contributed by atoms with Crippen LogP contribution in [0.15, 0.2) is 77.3 Å². The molecule has 0 amide bonds. The molecule has 0 saturated heterocycles. The van der Waals surface area contributed by atoms with Crippen molar-refractivity contribution < 1.29 is 14.3 Å². The fraction of sp³-hybridized carbons (Fsp3) is 0.148. The number of esters is 1. The number of para-hydroxylation sites is 1. The van der Waals surface area contributed by atoms with Gasteiger partial charge in [-0.1, -0.05) is 76.1 Å². The minimum absolute atomic E-state index is 0.235. The molecular formula is C27H22BrNO3. The van der Waals surface area contributed by atoms with E-state index in [-0.39, 0.29) is 5.78 Å². The van der Waals surface area contributed by atoms with Gasteiger partial charge in [-0.2, -0.15) is 0 Å². The Bertz CT molecular complexity index is 1310. The van der Waals surface area contributed by atoms with Crippen LogP contribution in [0.4, 0.5) is 0 Å². The largest absolute Gasteiger partial charge is 0.451 e. The van der Waals surface area contributed by atoms with E-state index < -0.39 is 12.1 Å². The molecule has 0 aliphatic rings. The number of carbonyl (C=O) groups is 2. The molecule has 0 aliphatic carbocycles. The number of nitrogens with zero attached hydrogens (tertiary/aromatic N) is 1. The summed E-state index contributed by atoms with van der Waals surface area (Å²) in [6, 6.07) is 22.4. The Balaban J connectivity index is 1.71. The molecule has 32 heavy (non-hydrogen) atoms. The molecule has 1 heterocycles. The highest BCUT2D eigenvalue weighted by Crippen LogP contribution is 2.28. The first kappa shape index (κ1) is 21.9. The molecule has 0 unspecified atom stereocenters. The lowest BCUT2D eigenvalue weighted by molar-refractivity contribution is 0.0320. The third-order valence-corrected chi connectivity index (χ3v) is 5.92. The van der Waals surface area contributed by atoms with Crippen molar-refractivity contribution in [2.24, 2.45) is 0 Å². The summed E-state index contributed by atoms with van der Waals surface area (Å²) in [6.07, 6.45) is -0.908. The van der Waals surface area contributed by atoms with Gasteiger partial charge in [0.25, 0.3) is 0 Å². The van der Waals surface area contributed by atoms with Crippen LogP contribution in [-0.4, -0.2) is 22.8 Å². The summed E-state index contributed by atoms with van der Waals surface area (Å²) < 4.78 is 6.58. The van der Waals surface area contributed by atoms with Gasteiger partial charge in [-0.3, -0.25) is 4.79 Å². The second kappa shape index (κ2) is 9.05. The van der Waals surface area contributed by atoms with Gasteiger partial charge in [0.15, 0.2) is 6.10 Å². The normalized spacial score (nSPS) is 11.9. The number of hydrogen-bond acceptors (Lipinski definition) is 4. The van der Waals surface area contributed by atoms with Crippen molar-refractivity contribution in [1.82, 2.24) is 4.98 Å². The molecule has 3 aromatic carbocycles. The van der Waals surface area contributed by atoms with E-state index in [4.69, 9.17) is 9.72 Å². The highest BCUT2D eigenvalue weighted by molar-refractivity contribution is 9.10.